The number of fused-ring (bicyclic) bond motifs is 1. The minimum absolute atomic E-state index is 0.227. The van der Waals surface area contributed by atoms with Crippen LogP contribution in [-0.2, 0) is 9.53 Å². The number of carbonyl (C=O) groups excluding carboxylic acids is 1. The fraction of sp³-hybridized carbons (Fsp3) is 0.321. The summed E-state index contributed by atoms with van der Waals surface area (Å²) < 4.78 is 15.0. The molecule has 0 N–H and O–H groups in total. The zero-order chi connectivity index (χ0) is 26.9. The van der Waals surface area contributed by atoms with Gasteiger partial charge in [-0.3, -0.25) is 9.36 Å². The molecule has 1 aliphatic heterocycles. The van der Waals surface area contributed by atoms with Crippen LogP contribution < -0.4 is 19.6 Å². The van der Waals surface area contributed by atoms with E-state index >= 15 is 0 Å². The summed E-state index contributed by atoms with van der Waals surface area (Å²) in [6.45, 7) is 10.4. The number of benzene rings is 2. The van der Waals surface area contributed by atoms with Crippen LogP contribution in [0.25, 0.3) is 6.08 Å². The van der Waals surface area contributed by atoms with Gasteiger partial charge in [0, 0.05) is 10.0 Å². The van der Waals surface area contributed by atoms with Crippen molar-refractivity contribution in [3.63, 3.8) is 0 Å². The molecule has 0 saturated heterocycles. The highest BCUT2D eigenvalue weighted by Crippen LogP contribution is 2.34. The van der Waals surface area contributed by atoms with Crippen molar-refractivity contribution in [2.24, 2.45) is 4.99 Å². The Hall–Kier alpha value is -2.49. The molecule has 0 saturated carbocycles. The van der Waals surface area contributed by atoms with Gasteiger partial charge in [-0.2, -0.15) is 0 Å². The molecule has 2 heterocycles. The molecule has 1 atom stereocenters. The Morgan fingerprint density at radius 1 is 1.16 bits per heavy atom. The third kappa shape index (κ3) is 5.54. The minimum atomic E-state index is -0.640. The summed E-state index contributed by atoms with van der Waals surface area (Å²) in [5.41, 5.74) is 3.46. The predicted molar refractivity (Wildman–Crippen MR) is 154 cm³/mol. The lowest BCUT2D eigenvalue weighted by Crippen LogP contribution is -2.40. The van der Waals surface area contributed by atoms with Crippen LogP contribution in [0.2, 0.25) is 0 Å². The van der Waals surface area contributed by atoms with Crippen molar-refractivity contribution in [2.75, 3.05) is 13.2 Å². The van der Waals surface area contributed by atoms with Gasteiger partial charge >= 0.3 is 5.97 Å². The Balaban J connectivity index is 1.96. The molecule has 0 unspecified atom stereocenters. The van der Waals surface area contributed by atoms with Crippen LogP contribution in [0.4, 0.5) is 0 Å². The first-order chi connectivity index (χ1) is 17.7. The van der Waals surface area contributed by atoms with E-state index in [1.807, 2.05) is 49.4 Å². The predicted octanol–water partition coefficient (Wildman–Crippen LogP) is 5.85. The summed E-state index contributed by atoms with van der Waals surface area (Å²) >= 11 is 8.37. The number of thiazole rings is 1. The quantitative estimate of drug-likeness (QED) is 0.302. The molecule has 2 aromatic carbocycles. The van der Waals surface area contributed by atoms with E-state index in [-0.39, 0.29) is 12.2 Å². The standard InChI is InChI=1S/C28H28Br2N2O4S/c1-6-35-25-19(12-20(29)14-21(25)30)13-22-26(33)32-24(18-10-8-17(9-11-18)15(3)4)23(27(34)36-7-2)16(5)31-28(32)37-22/h8-15,24H,6-7H2,1-5H3/b22-13-/t24-/m1/s1. The van der Waals surface area contributed by atoms with Crippen molar-refractivity contribution >= 4 is 55.2 Å². The number of aromatic nitrogens is 1. The lowest BCUT2D eigenvalue weighted by molar-refractivity contribution is -0.139. The molecule has 1 aromatic heterocycles. The molecule has 6 nitrogen and oxygen atoms in total. The average Bonchev–Trinajstić information content (AvgIpc) is 3.14. The van der Waals surface area contributed by atoms with Crippen molar-refractivity contribution in [2.45, 2.75) is 46.6 Å². The van der Waals surface area contributed by atoms with Crippen molar-refractivity contribution in [1.82, 2.24) is 4.57 Å². The first kappa shape index (κ1) is 27.5. The second-order valence-corrected chi connectivity index (χ2v) is 11.6. The number of hydrogen-bond donors (Lipinski definition) is 0. The maximum Gasteiger partial charge on any atom is 0.338 e. The fourth-order valence-corrected chi connectivity index (χ4v) is 6.71. The highest BCUT2D eigenvalue weighted by atomic mass is 79.9. The summed E-state index contributed by atoms with van der Waals surface area (Å²) in [5, 5.41) is 0. The summed E-state index contributed by atoms with van der Waals surface area (Å²) in [6, 6.07) is 11.2. The molecule has 3 aromatic rings. The zero-order valence-corrected chi connectivity index (χ0v) is 25.3. The minimum Gasteiger partial charge on any atom is -0.492 e. The van der Waals surface area contributed by atoms with Gasteiger partial charge in [0.05, 0.1) is 39.5 Å². The maximum atomic E-state index is 13.9. The van der Waals surface area contributed by atoms with Gasteiger partial charge in [-0.25, -0.2) is 9.79 Å². The molecule has 0 fully saturated rings. The molecular weight excluding hydrogens is 620 g/mol. The number of esters is 1. The van der Waals surface area contributed by atoms with Crippen LogP contribution in [0.1, 0.15) is 63.3 Å². The molecule has 9 heteroatoms. The van der Waals surface area contributed by atoms with Crippen molar-refractivity contribution in [1.29, 1.82) is 0 Å². The molecular formula is C28H28Br2N2O4S. The second kappa shape index (κ2) is 11.5. The number of nitrogens with zero attached hydrogens (tertiary/aromatic N) is 2. The Labute approximate surface area is 236 Å². The van der Waals surface area contributed by atoms with Crippen LogP contribution in [-0.4, -0.2) is 23.8 Å². The van der Waals surface area contributed by atoms with Crippen LogP contribution >= 0.6 is 43.2 Å². The van der Waals surface area contributed by atoms with Gasteiger partial charge in [0.1, 0.15) is 5.75 Å². The summed E-state index contributed by atoms with van der Waals surface area (Å²) in [6.07, 6.45) is 1.81. The first-order valence-corrected chi connectivity index (χ1v) is 14.5. The number of rotatable bonds is 7. The van der Waals surface area contributed by atoms with Crippen LogP contribution in [0.3, 0.4) is 0 Å². The van der Waals surface area contributed by atoms with Gasteiger partial charge in [0.2, 0.25) is 0 Å². The maximum absolute atomic E-state index is 13.9. The molecule has 37 heavy (non-hydrogen) atoms. The number of hydrogen-bond acceptors (Lipinski definition) is 6. The molecule has 0 aliphatic carbocycles. The lowest BCUT2D eigenvalue weighted by atomic mass is 9.93. The third-order valence-electron chi connectivity index (χ3n) is 6.05. The number of allylic oxidation sites excluding steroid dienone is 1. The van der Waals surface area contributed by atoms with E-state index in [0.717, 1.165) is 20.1 Å². The molecule has 0 amide bonds. The van der Waals surface area contributed by atoms with E-state index in [9.17, 15) is 9.59 Å². The molecule has 0 bridgehead atoms. The normalized spacial score (nSPS) is 15.6. The van der Waals surface area contributed by atoms with E-state index < -0.39 is 12.0 Å². The van der Waals surface area contributed by atoms with Crippen LogP contribution in [0.5, 0.6) is 5.75 Å². The Kier molecular flexibility index (Phi) is 8.56. The molecule has 1 aliphatic rings. The third-order valence-corrected chi connectivity index (χ3v) is 8.08. The van der Waals surface area contributed by atoms with Crippen LogP contribution in [0.15, 0.2) is 66.4 Å². The van der Waals surface area contributed by atoms with E-state index in [1.54, 1.807) is 18.4 Å². The molecule has 0 radical (unpaired) electrons. The van der Waals surface area contributed by atoms with Gasteiger partial charge in [-0.1, -0.05) is 65.4 Å². The van der Waals surface area contributed by atoms with Gasteiger partial charge in [0.25, 0.3) is 5.56 Å². The van der Waals surface area contributed by atoms with Gasteiger partial charge in [0.15, 0.2) is 4.80 Å². The lowest BCUT2D eigenvalue weighted by Gasteiger charge is -2.25. The number of ether oxygens (including phenoxy) is 2. The van der Waals surface area contributed by atoms with E-state index in [0.29, 0.717) is 38.9 Å². The number of carbonyl (C=O) groups is 1. The second-order valence-electron chi connectivity index (χ2n) is 8.86. The summed E-state index contributed by atoms with van der Waals surface area (Å²) in [7, 11) is 0. The summed E-state index contributed by atoms with van der Waals surface area (Å²) in [4.78, 5) is 32.2. The summed E-state index contributed by atoms with van der Waals surface area (Å²) in [5.74, 6) is 0.549. The molecule has 194 valence electrons. The molecule has 0 spiro atoms. The highest BCUT2D eigenvalue weighted by molar-refractivity contribution is 9.11. The number of halogens is 2. The highest BCUT2D eigenvalue weighted by Gasteiger charge is 2.33. The van der Waals surface area contributed by atoms with E-state index in [2.05, 4.69) is 50.7 Å². The van der Waals surface area contributed by atoms with Gasteiger partial charge < -0.3 is 9.47 Å². The monoisotopic (exact) mass is 646 g/mol. The van der Waals surface area contributed by atoms with Gasteiger partial charge in [-0.15, -0.1) is 0 Å². The zero-order valence-electron chi connectivity index (χ0n) is 21.3. The SMILES string of the molecule is CCOC(=O)C1=C(C)N=c2s/c(=C\c3cc(Br)cc(Br)c3OCC)c(=O)n2[C@@H]1c1ccc(C(C)C)cc1. The Bertz CT molecular complexity index is 1550. The average molecular weight is 648 g/mol. The largest absolute Gasteiger partial charge is 0.492 e. The van der Waals surface area contributed by atoms with Crippen molar-refractivity contribution in [3.05, 3.63) is 93.0 Å². The van der Waals surface area contributed by atoms with Crippen LogP contribution in [0, 0.1) is 0 Å². The Morgan fingerprint density at radius 3 is 2.49 bits per heavy atom. The topological polar surface area (TPSA) is 69.9 Å². The molecule has 4 rings (SSSR count). The smallest absolute Gasteiger partial charge is 0.338 e. The van der Waals surface area contributed by atoms with Crippen molar-refractivity contribution < 1.29 is 14.3 Å². The Morgan fingerprint density at radius 2 is 1.86 bits per heavy atom. The fourth-order valence-electron chi connectivity index (χ4n) is 4.30. The van der Waals surface area contributed by atoms with E-state index in [1.165, 1.54) is 16.9 Å². The first-order valence-electron chi connectivity index (χ1n) is 12.1. The van der Waals surface area contributed by atoms with E-state index in [4.69, 9.17) is 9.47 Å². The van der Waals surface area contributed by atoms with Gasteiger partial charge in [-0.05, 0) is 72.0 Å². The van der Waals surface area contributed by atoms with Crippen molar-refractivity contribution in [3.8, 4) is 5.75 Å².